The Labute approximate surface area is 177 Å². The summed E-state index contributed by atoms with van der Waals surface area (Å²) in [7, 11) is 3.70. The molecular formula is C19H40IN5O. The number of ether oxygens (including phenoxy) is 1. The largest absolute Gasteiger partial charge is 0.383 e. The Balaban J connectivity index is 0.00000338. The van der Waals surface area contributed by atoms with Crippen molar-refractivity contribution in [1.82, 2.24) is 20.0 Å². The number of piperazine rings is 1. The lowest BCUT2D eigenvalue weighted by Crippen LogP contribution is -2.53. The summed E-state index contributed by atoms with van der Waals surface area (Å²) in [5.41, 5.74) is 0. The lowest BCUT2D eigenvalue weighted by molar-refractivity contribution is 0.120. The molecule has 0 amide bonds. The Hall–Kier alpha value is -0.120. The van der Waals surface area contributed by atoms with Gasteiger partial charge in [-0.3, -0.25) is 9.89 Å². The van der Waals surface area contributed by atoms with Crippen LogP contribution in [-0.4, -0.2) is 100 Å². The molecule has 154 valence electrons. The minimum absolute atomic E-state index is 0. The second kappa shape index (κ2) is 13.1. The van der Waals surface area contributed by atoms with E-state index < -0.39 is 0 Å². The van der Waals surface area contributed by atoms with Crippen LogP contribution in [0.3, 0.4) is 0 Å². The summed E-state index contributed by atoms with van der Waals surface area (Å²) in [4.78, 5) is 12.0. The van der Waals surface area contributed by atoms with Gasteiger partial charge in [0.2, 0.25) is 0 Å². The highest BCUT2D eigenvalue weighted by molar-refractivity contribution is 14.0. The topological polar surface area (TPSA) is 43.3 Å². The number of hydrogen-bond donors (Lipinski definition) is 1. The first-order chi connectivity index (χ1) is 12.1. The van der Waals surface area contributed by atoms with Crippen molar-refractivity contribution in [2.75, 3.05) is 79.7 Å². The highest BCUT2D eigenvalue weighted by Gasteiger charge is 2.22. The smallest absolute Gasteiger partial charge is 0.193 e. The van der Waals surface area contributed by atoms with E-state index in [9.17, 15) is 0 Å². The normalized spacial score (nSPS) is 21.1. The molecule has 2 aliphatic rings. The zero-order chi connectivity index (χ0) is 18.1. The molecule has 0 aromatic carbocycles. The van der Waals surface area contributed by atoms with Crippen LogP contribution < -0.4 is 5.32 Å². The molecule has 0 aliphatic carbocycles. The van der Waals surface area contributed by atoms with Crippen molar-refractivity contribution in [2.45, 2.75) is 26.7 Å². The summed E-state index contributed by atoms with van der Waals surface area (Å²) in [5.74, 6) is 2.60. The molecule has 7 heteroatoms. The van der Waals surface area contributed by atoms with Crippen molar-refractivity contribution in [1.29, 1.82) is 0 Å². The Morgan fingerprint density at radius 3 is 2.27 bits per heavy atom. The lowest BCUT2D eigenvalue weighted by atomic mass is 9.97. The first-order valence-electron chi connectivity index (χ1n) is 10.0. The number of halogens is 1. The van der Waals surface area contributed by atoms with Crippen molar-refractivity contribution in [3.05, 3.63) is 0 Å². The molecular weight excluding hydrogens is 441 g/mol. The zero-order valence-electron chi connectivity index (χ0n) is 17.2. The van der Waals surface area contributed by atoms with E-state index in [-0.39, 0.29) is 24.0 Å². The molecule has 1 N–H and O–H groups in total. The van der Waals surface area contributed by atoms with Gasteiger partial charge < -0.3 is 19.9 Å². The van der Waals surface area contributed by atoms with E-state index in [0.717, 1.165) is 63.7 Å². The molecule has 0 spiro atoms. The highest BCUT2D eigenvalue weighted by Crippen LogP contribution is 2.16. The second-order valence-corrected chi connectivity index (χ2v) is 7.89. The minimum atomic E-state index is 0. The average Bonchev–Trinajstić information content (AvgIpc) is 2.62. The first-order valence-corrected chi connectivity index (χ1v) is 10.0. The Morgan fingerprint density at radius 2 is 1.73 bits per heavy atom. The van der Waals surface area contributed by atoms with Gasteiger partial charge in [0, 0.05) is 60.0 Å². The molecule has 0 aromatic heterocycles. The van der Waals surface area contributed by atoms with Crippen LogP contribution in [0.4, 0.5) is 0 Å². The monoisotopic (exact) mass is 481 g/mol. The number of nitrogens with zero attached hydrogens (tertiary/aromatic N) is 4. The predicted molar refractivity (Wildman–Crippen MR) is 121 cm³/mol. The predicted octanol–water partition coefficient (Wildman–Crippen LogP) is 1.81. The summed E-state index contributed by atoms with van der Waals surface area (Å²) >= 11 is 0. The van der Waals surface area contributed by atoms with Gasteiger partial charge in [-0.05, 0) is 37.8 Å². The van der Waals surface area contributed by atoms with Crippen LogP contribution in [0.1, 0.15) is 26.7 Å². The molecule has 6 nitrogen and oxygen atoms in total. The molecule has 2 aliphatic heterocycles. The van der Waals surface area contributed by atoms with E-state index in [2.05, 4.69) is 38.9 Å². The van der Waals surface area contributed by atoms with Gasteiger partial charge in [-0.2, -0.15) is 0 Å². The molecule has 0 radical (unpaired) electrons. The fourth-order valence-electron chi connectivity index (χ4n) is 3.86. The van der Waals surface area contributed by atoms with E-state index in [1.54, 1.807) is 7.11 Å². The number of aliphatic imine (C=N–C) groups is 1. The van der Waals surface area contributed by atoms with Gasteiger partial charge in [0.05, 0.1) is 6.61 Å². The van der Waals surface area contributed by atoms with E-state index in [1.807, 2.05) is 7.05 Å². The third kappa shape index (κ3) is 8.27. The maximum Gasteiger partial charge on any atom is 0.193 e. The summed E-state index contributed by atoms with van der Waals surface area (Å²) in [6.45, 7) is 15.6. The number of piperidine rings is 1. The maximum absolute atomic E-state index is 5.18. The van der Waals surface area contributed by atoms with Gasteiger partial charge in [-0.25, -0.2) is 0 Å². The third-order valence-corrected chi connectivity index (χ3v) is 5.37. The van der Waals surface area contributed by atoms with Gasteiger partial charge in [-0.1, -0.05) is 13.8 Å². The van der Waals surface area contributed by atoms with Crippen molar-refractivity contribution in [2.24, 2.45) is 16.8 Å². The van der Waals surface area contributed by atoms with Crippen LogP contribution in [-0.2, 0) is 4.74 Å². The number of rotatable bonds is 7. The van der Waals surface area contributed by atoms with E-state index >= 15 is 0 Å². The molecule has 0 aromatic rings. The van der Waals surface area contributed by atoms with E-state index in [1.165, 1.54) is 32.5 Å². The van der Waals surface area contributed by atoms with E-state index in [4.69, 9.17) is 4.74 Å². The molecule has 0 unspecified atom stereocenters. The van der Waals surface area contributed by atoms with Gasteiger partial charge in [0.15, 0.2) is 5.96 Å². The molecule has 2 rings (SSSR count). The number of methoxy groups -OCH3 is 1. The van der Waals surface area contributed by atoms with Crippen molar-refractivity contribution in [3.8, 4) is 0 Å². The Bertz CT molecular complexity index is 391. The molecule has 2 fully saturated rings. The fraction of sp³-hybridized carbons (Fsp3) is 0.947. The van der Waals surface area contributed by atoms with Crippen molar-refractivity contribution in [3.63, 3.8) is 0 Å². The summed E-state index contributed by atoms with van der Waals surface area (Å²) in [6, 6.07) is 0. The molecule has 0 saturated carbocycles. The number of nitrogens with one attached hydrogen (secondary N) is 1. The Kier molecular flexibility index (Phi) is 12.1. The minimum Gasteiger partial charge on any atom is -0.383 e. The number of hydrogen-bond acceptors (Lipinski definition) is 4. The SMILES string of the molecule is CN=C(NCC1CCN(CCOC)CC1)N1CCN(CC(C)C)CC1.I. The van der Waals surface area contributed by atoms with Crippen LogP contribution in [0.5, 0.6) is 0 Å². The van der Waals surface area contributed by atoms with Gasteiger partial charge in [-0.15, -0.1) is 24.0 Å². The van der Waals surface area contributed by atoms with Gasteiger partial charge >= 0.3 is 0 Å². The fourth-order valence-corrected chi connectivity index (χ4v) is 3.86. The molecule has 0 bridgehead atoms. The summed E-state index contributed by atoms with van der Waals surface area (Å²) in [5, 5.41) is 3.64. The van der Waals surface area contributed by atoms with Crippen LogP contribution in [0, 0.1) is 11.8 Å². The third-order valence-electron chi connectivity index (χ3n) is 5.37. The Morgan fingerprint density at radius 1 is 1.08 bits per heavy atom. The van der Waals surface area contributed by atoms with Crippen LogP contribution in [0.15, 0.2) is 4.99 Å². The average molecular weight is 481 g/mol. The van der Waals surface area contributed by atoms with Gasteiger partial charge in [0.25, 0.3) is 0 Å². The summed E-state index contributed by atoms with van der Waals surface area (Å²) < 4.78 is 5.18. The van der Waals surface area contributed by atoms with Crippen molar-refractivity contribution < 1.29 is 4.74 Å². The molecule has 0 atom stereocenters. The highest BCUT2D eigenvalue weighted by atomic mass is 127. The standard InChI is InChI=1S/C19H39N5O.HI/c1-17(2)16-23-9-11-24(12-10-23)19(20-3)21-15-18-5-7-22(8-6-18)13-14-25-4;/h17-18H,5-16H2,1-4H3,(H,20,21);1H. The maximum atomic E-state index is 5.18. The lowest BCUT2D eigenvalue weighted by Gasteiger charge is -2.38. The van der Waals surface area contributed by atoms with Crippen LogP contribution >= 0.6 is 24.0 Å². The zero-order valence-corrected chi connectivity index (χ0v) is 19.6. The summed E-state index contributed by atoms with van der Waals surface area (Å²) in [6.07, 6.45) is 2.55. The van der Waals surface area contributed by atoms with Crippen LogP contribution in [0.2, 0.25) is 0 Å². The first kappa shape index (κ1) is 23.9. The van der Waals surface area contributed by atoms with Gasteiger partial charge in [0.1, 0.15) is 0 Å². The van der Waals surface area contributed by atoms with Crippen LogP contribution in [0.25, 0.3) is 0 Å². The molecule has 2 heterocycles. The quantitative estimate of drug-likeness (QED) is 0.342. The van der Waals surface area contributed by atoms with Crippen molar-refractivity contribution >= 4 is 29.9 Å². The molecule has 26 heavy (non-hydrogen) atoms. The number of likely N-dealkylation sites (tertiary alicyclic amines) is 1. The van der Waals surface area contributed by atoms with E-state index in [0.29, 0.717) is 0 Å². The number of guanidine groups is 1. The molecule has 2 saturated heterocycles. The second-order valence-electron chi connectivity index (χ2n) is 7.89.